The molecule has 0 fully saturated rings. The SMILES string of the molecule is Cc1cc(C)c(-c2ccc3c4ccccc4n(-c4cc(-c5nc(-c6ccccc6)nc(-c6ccccc6)n5)ccc4-c4ccccc4F)c3c2)c(C)c1. The molecule has 0 unspecified atom stereocenters. The number of aryl methyl sites for hydroxylation is 3. The van der Waals surface area contributed by atoms with Crippen molar-refractivity contribution in [2.75, 3.05) is 0 Å². The van der Waals surface area contributed by atoms with Crippen LogP contribution in [0.3, 0.4) is 0 Å². The molecule has 0 N–H and O–H groups in total. The third kappa shape index (κ3) is 5.77. The summed E-state index contributed by atoms with van der Waals surface area (Å²) in [4.78, 5) is 15.0. The summed E-state index contributed by atoms with van der Waals surface area (Å²) >= 11 is 0. The fraction of sp³-hybridized carbons (Fsp3) is 0.0625. The van der Waals surface area contributed by atoms with E-state index < -0.39 is 0 Å². The average molecular weight is 687 g/mol. The third-order valence-corrected chi connectivity index (χ3v) is 10.00. The van der Waals surface area contributed by atoms with Crippen molar-refractivity contribution in [1.82, 2.24) is 19.5 Å². The number of rotatable bonds is 6. The lowest BCUT2D eigenvalue weighted by Gasteiger charge is -2.17. The van der Waals surface area contributed by atoms with Gasteiger partial charge in [0.25, 0.3) is 0 Å². The second kappa shape index (κ2) is 13.1. The number of hydrogen-bond acceptors (Lipinski definition) is 3. The summed E-state index contributed by atoms with van der Waals surface area (Å²) in [5.74, 6) is 1.41. The normalized spacial score (nSPS) is 11.4. The fourth-order valence-electron chi connectivity index (χ4n) is 7.72. The van der Waals surface area contributed by atoms with Gasteiger partial charge in [-0.15, -0.1) is 0 Å². The van der Waals surface area contributed by atoms with E-state index in [1.54, 1.807) is 6.07 Å². The van der Waals surface area contributed by atoms with Crippen LogP contribution in [0.1, 0.15) is 16.7 Å². The minimum Gasteiger partial charge on any atom is -0.309 e. The number of hydrogen-bond donors (Lipinski definition) is 0. The van der Waals surface area contributed by atoms with E-state index in [1.807, 2.05) is 84.9 Å². The summed E-state index contributed by atoms with van der Waals surface area (Å²) in [6.07, 6.45) is 0. The first-order valence-electron chi connectivity index (χ1n) is 17.8. The second-order valence-corrected chi connectivity index (χ2v) is 13.6. The first kappa shape index (κ1) is 32.2. The van der Waals surface area contributed by atoms with Crippen molar-refractivity contribution in [3.8, 4) is 62.1 Å². The Morgan fingerprint density at radius 3 is 1.64 bits per heavy atom. The Balaban J connectivity index is 1.34. The summed E-state index contributed by atoms with van der Waals surface area (Å²) in [7, 11) is 0. The quantitative estimate of drug-likeness (QED) is 0.175. The average Bonchev–Trinajstić information content (AvgIpc) is 3.51. The molecule has 0 atom stereocenters. The van der Waals surface area contributed by atoms with E-state index in [0.717, 1.165) is 55.3 Å². The molecule has 0 aliphatic carbocycles. The number of benzene rings is 7. The van der Waals surface area contributed by atoms with Crippen LogP contribution in [0.4, 0.5) is 4.39 Å². The number of nitrogens with zero attached hydrogens (tertiary/aromatic N) is 4. The van der Waals surface area contributed by atoms with Crippen LogP contribution >= 0.6 is 0 Å². The van der Waals surface area contributed by atoms with E-state index in [2.05, 4.69) is 86.0 Å². The summed E-state index contributed by atoms with van der Waals surface area (Å²) in [5, 5.41) is 2.24. The maximum atomic E-state index is 15.8. The van der Waals surface area contributed by atoms with Crippen molar-refractivity contribution in [3.05, 3.63) is 180 Å². The summed E-state index contributed by atoms with van der Waals surface area (Å²) in [5.41, 5.74) is 12.8. The van der Waals surface area contributed by atoms with Crippen LogP contribution in [0, 0.1) is 26.6 Å². The highest BCUT2D eigenvalue weighted by Gasteiger charge is 2.21. The predicted molar refractivity (Wildman–Crippen MR) is 216 cm³/mol. The van der Waals surface area contributed by atoms with Crippen LogP contribution < -0.4 is 0 Å². The smallest absolute Gasteiger partial charge is 0.164 e. The molecule has 53 heavy (non-hydrogen) atoms. The topological polar surface area (TPSA) is 43.6 Å². The van der Waals surface area contributed by atoms with Crippen molar-refractivity contribution < 1.29 is 4.39 Å². The van der Waals surface area contributed by atoms with Crippen LogP contribution in [-0.4, -0.2) is 19.5 Å². The molecule has 0 radical (unpaired) electrons. The molecule has 2 heterocycles. The second-order valence-electron chi connectivity index (χ2n) is 13.6. The molecule has 0 saturated carbocycles. The van der Waals surface area contributed by atoms with Crippen molar-refractivity contribution >= 4 is 21.8 Å². The van der Waals surface area contributed by atoms with Crippen molar-refractivity contribution in [2.24, 2.45) is 0 Å². The Morgan fingerprint density at radius 2 is 0.981 bits per heavy atom. The van der Waals surface area contributed by atoms with Gasteiger partial charge in [0.1, 0.15) is 5.82 Å². The zero-order chi connectivity index (χ0) is 36.1. The van der Waals surface area contributed by atoms with E-state index >= 15 is 4.39 Å². The third-order valence-electron chi connectivity index (χ3n) is 10.00. The Kier molecular flexibility index (Phi) is 7.97. The fourth-order valence-corrected chi connectivity index (χ4v) is 7.72. The zero-order valence-electron chi connectivity index (χ0n) is 29.7. The zero-order valence-corrected chi connectivity index (χ0v) is 29.7. The first-order chi connectivity index (χ1) is 25.9. The molecule has 9 aromatic rings. The Morgan fingerprint density at radius 1 is 0.434 bits per heavy atom. The Labute approximate surface area is 307 Å². The number of fused-ring (bicyclic) bond motifs is 3. The molecule has 0 saturated heterocycles. The van der Waals surface area contributed by atoms with Gasteiger partial charge >= 0.3 is 0 Å². The first-order valence-corrected chi connectivity index (χ1v) is 17.8. The molecule has 0 spiro atoms. The van der Waals surface area contributed by atoms with Gasteiger partial charge in [0.05, 0.1) is 16.7 Å². The monoisotopic (exact) mass is 686 g/mol. The summed E-state index contributed by atoms with van der Waals surface area (Å²) < 4.78 is 18.1. The van der Waals surface area contributed by atoms with E-state index in [4.69, 9.17) is 15.0 Å². The highest BCUT2D eigenvalue weighted by Crippen LogP contribution is 2.41. The van der Waals surface area contributed by atoms with Crippen LogP contribution in [-0.2, 0) is 0 Å². The molecule has 0 aliphatic heterocycles. The summed E-state index contributed by atoms with van der Waals surface area (Å²) in [6, 6.07) is 52.6. The summed E-state index contributed by atoms with van der Waals surface area (Å²) in [6.45, 7) is 6.49. The molecule has 0 amide bonds. The molecule has 5 heteroatoms. The van der Waals surface area contributed by atoms with Gasteiger partial charge in [0.2, 0.25) is 0 Å². The Hall–Kier alpha value is -6.72. The molecular formula is C48H35FN4. The molecule has 4 nitrogen and oxygen atoms in total. The molecular weight excluding hydrogens is 652 g/mol. The minimum absolute atomic E-state index is 0.285. The Bertz CT molecular complexity index is 2740. The van der Waals surface area contributed by atoms with Crippen molar-refractivity contribution in [1.29, 1.82) is 0 Å². The van der Waals surface area contributed by atoms with Crippen LogP contribution in [0.15, 0.2) is 158 Å². The number of halogens is 1. The van der Waals surface area contributed by atoms with Gasteiger partial charge in [0, 0.05) is 38.6 Å². The van der Waals surface area contributed by atoms with Gasteiger partial charge in [-0.25, -0.2) is 19.3 Å². The van der Waals surface area contributed by atoms with Crippen LogP contribution in [0.2, 0.25) is 0 Å². The van der Waals surface area contributed by atoms with Gasteiger partial charge in [-0.1, -0.05) is 139 Å². The lowest BCUT2D eigenvalue weighted by molar-refractivity contribution is 0.631. The van der Waals surface area contributed by atoms with Crippen LogP contribution in [0.25, 0.3) is 83.9 Å². The van der Waals surface area contributed by atoms with E-state index in [-0.39, 0.29) is 5.82 Å². The highest BCUT2D eigenvalue weighted by atomic mass is 19.1. The largest absolute Gasteiger partial charge is 0.309 e. The lowest BCUT2D eigenvalue weighted by Crippen LogP contribution is -2.02. The number of aromatic nitrogens is 4. The standard InChI is InChI=1S/C48H35FN4/c1-30-26-31(2)45(32(3)27-30)35-22-24-40-38-19-11-13-21-42(38)53(43(40)28-35)44-29-36(23-25-39(44)37-18-10-12-20-41(37)49)48-51-46(33-14-6-4-7-15-33)50-47(52-48)34-16-8-5-9-17-34/h4-29H,1-3H3. The lowest BCUT2D eigenvalue weighted by atomic mass is 9.93. The van der Waals surface area contributed by atoms with Gasteiger partial charge in [0.15, 0.2) is 17.5 Å². The van der Waals surface area contributed by atoms with E-state index in [1.165, 1.54) is 28.3 Å². The molecule has 0 bridgehead atoms. The van der Waals surface area contributed by atoms with E-state index in [0.29, 0.717) is 23.0 Å². The maximum absolute atomic E-state index is 15.8. The molecule has 9 rings (SSSR count). The molecule has 0 aliphatic rings. The number of para-hydroxylation sites is 1. The minimum atomic E-state index is -0.285. The molecule has 2 aromatic heterocycles. The van der Waals surface area contributed by atoms with Gasteiger partial charge in [-0.2, -0.15) is 0 Å². The highest BCUT2D eigenvalue weighted by molar-refractivity contribution is 6.11. The van der Waals surface area contributed by atoms with Crippen molar-refractivity contribution in [3.63, 3.8) is 0 Å². The molecule has 254 valence electrons. The van der Waals surface area contributed by atoms with Crippen molar-refractivity contribution in [2.45, 2.75) is 20.8 Å². The molecule has 7 aromatic carbocycles. The van der Waals surface area contributed by atoms with Gasteiger partial charge in [-0.3, -0.25) is 0 Å². The van der Waals surface area contributed by atoms with Crippen LogP contribution in [0.5, 0.6) is 0 Å². The van der Waals surface area contributed by atoms with E-state index in [9.17, 15) is 0 Å². The van der Waals surface area contributed by atoms with Gasteiger partial charge < -0.3 is 4.57 Å². The van der Waals surface area contributed by atoms with Gasteiger partial charge in [-0.05, 0) is 67.3 Å². The maximum Gasteiger partial charge on any atom is 0.164 e. The predicted octanol–water partition coefficient (Wildman–Crippen LogP) is 12.4.